The number of ether oxygens (including phenoxy) is 1. The van der Waals surface area contributed by atoms with E-state index in [9.17, 15) is 4.79 Å². The minimum Gasteiger partial charge on any atom is -0.497 e. The number of carbonyl (C=O) groups excluding carboxylic acids is 1. The summed E-state index contributed by atoms with van der Waals surface area (Å²) in [4.78, 5) is 14.3. The highest BCUT2D eigenvalue weighted by atomic mass is 16.5. The van der Waals surface area contributed by atoms with Gasteiger partial charge in [0.25, 0.3) is 0 Å². The van der Waals surface area contributed by atoms with E-state index in [1.165, 1.54) is 31.2 Å². The highest BCUT2D eigenvalue weighted by Crippen LogP contribution is 2.12. The Balaban J connectivity index is 1.62. The number of amides is 1. The van der Waals surface area contributed by atoms with Crippen molar-refractivity contribution in [3.05, 3.63) is 29.8 Å². The van der Waals surface area contributed by atoms with Gasteiger partial charge in [0.2, 0.25) is 5.91 Å². The quantitative estimate of drug-likeness (QED) is 0.842. The second kappa shape index (κ2) is 9.46. The van der Waals surface area contributed by atoms with Crippen LogP contribution in [0.15, 0.2) is 24.3 Å². The molecule has 2 rings (SSSR count). The van der Waals surface area contributed by atoms with Gasteiger partial charge in [0.05, 0.1) is 7.11 Å². The summed E-state index contributed by atoms with van der Waals surface area (Å²) in [5.74, 6) is 1.03. The second-order valence-electron chi connectivity index (χ2n) is 5.96. The zero-order chi connectivity index (χ0) is 15.6. The molecule has 22 heavy (non-hydrogen) atoms. The summed E-state index contributed by atoms with van der Waals surface area (Å²) in [7, 11) is 1.67. The summed E-state index contributed by atoms with van der Waals surface area (Å²) in [5.41, 5.74) is 1.19. The molecule has 4 heteroatoms. The molecule has 1 aromatic carbocycles. The van der Waals surface area contributed by atoms with Crippen LogP contribution >= 0.6 is 0 Å². The van der Waals surface area contributed by atoms with E-state index < -0.39 is 0 Å². The zero-order valence-electron chi connectivity index (χ0n) is 13.6. The monoisotopic (exact) mass is 304 g/mol. The predicted molar refractivity (Wildman–Crippen MR) is 89.2 cm³/mol. The van der Waals surface area contributed by atoms with E-state index in [0.29, 0.717) is 13.0 Å². The van der Waals surface area contributed by atoms with Crippen molar-refractivity contribution in [2.24, 2.45) is 0 Å². The van der Waals surface area contributed by atoms with Crippen molar-refractivity contribution in [3.8, 4) is 5.75 Å². The molecule has 1 aliphatic heterocycles. The first kappa shape index (κ1) is 16.8. The Morgan fingerprint density at radius 1 is 1.23 bits per heavy atom. The van der Waals surface area contributed by atoms with Crippen LogP contribution in [-0.4, -0.2) is 44.1 Å². The summed E-state index contributed by atoms with van der Waals surface area (Å²) in [6, 6.07) is 7.99. The average molecular weight is 304 g/mol. The van der Waals surface area contributed by atoms with Crippen molar-refractivity contribution in [3.63, 3.8) is 0 Å². The lowest BCUT2D eigenvalue weighted by Crippen LogP contribution is -2.32. The summed E-state index contributed by atoms with van der Waals surface area (Å²) >= 11 is 0. The number of nitrogens with zero attached hydrogens (tertiary/aromatic N) is 1. The summed E-state index contributed by atoms with van der Waals surface area (Å²) < 4.78 is 5.21. The topological polar surface area (TPSA) is 41.6 Å². The minimum atomic E-state index is 0.159. The molecule has 4 nitrogen and oxygen atoms in total. The van der Waals surface area contributed by atoms with Crippen LogP contribution in [0.25, 0.3) is 0 Å². The van der Waals surface area contributed by atoms with Crippen LogP contribution in [0.1, 0.15) is 37.7 Å². The van der Waals surface area contributed by atoms with Gasteiger partial charge in [-0.2, -0.15) is 0 Å². The van der Waals surface area contributed by atoms with Gasteiger partial charge in [0.15, 0.2) is 0 Å². The van der Waals surface area contributed by atoms with Gasteiger partial charge >= 0.3 is 0 Å². The first-order valence-electron chi connectivity index (χ1n) is 8.40. The Kier molecular flexibility index (Phi) is 7.23. The number of methoxy groups -OCH3 is 1. The Bertz CT molecular complexity index is 454. The van der Waals surface area contributed by atoms with E-state index in [1.54, 1.807) is 7.11 Å². The number of hydrogen-bond acceptors (Lipinski definition) is 3. The number of nitrogens with one attached hydrogen (secondary N) is 1. The van der Waals surface area contributed by atoms with Crippen LogP contribution < -0.4 is 10.1 Å². The van der Waals surface area contributed by atoms with Crippen LogP contribution in [0, 0.1) is 0 Å². The van der Waals surface area contributed by atoms with Crippen molar-refractivity contribution < 1.29 is 9.53 Å². The molecule has 122 valence electrons. The van der Waals surface area contributed by atoms with Crippen molar-refractivity contribution in [1.82, 2.24) is 10.2 Å². The number of hydrogen-bond donors (Lipinski definition) is 1. The maximum absolute atomic E-state index is 11.9. The molecule has 1 aromatic rings. The number of carbonyl (C=O) groups is 1. The van der Waals surface area contributed by atoms with E-state index in [0.717, 1.165) is 31.8 Å². The molecule has 0 unspecified atom stereocenters. The lowest BCUT2D eigenvalue weighted by atomic mass is 10.1. The molecule has 0 atom stereocenters. The molecule has 1 fully saturated rings. The number of rotatable bonds is 7. The molecular weight excluding hydrogens is 276 g/mol. The maximum Gasteiger partial charge on any atom is 0.221 e. The van der Waals surface area contributed by atoms with E-state index in [4.69, 9.17) is 4.74 Å². The van der Waals surface area contributed by atoms with Crippen LogP contribution in [0.5, 0.6) is 5.75 Å². The van der Waals surface area contributed by atoms with Gasteiger partial charge in [0.1, 0.15) is 5.75 Å². The normalized spacial score (nSPS) is 16.0. The molecule has 1 saturated heterocycles. The number of likely N-dealkylation sites (tertiary alicyclic amines) is 1. The van der Waals surface area contributed by atoms with Gasteiger partial charge in [-0.15, -0.1) is 0 Å². The van der Waals surface area contributed by atoms with Crippen molar-refractivity contribution >= 4 is 5.91 Å². The van der Waals surface area contributed by atoms with E-state index in [1.807, 2.05) is 18.2 Å². The van der Waals surface area contributed by atoms with Gasteiger partial charge in [-0.25, -0.2) is 0 Å². The molecule has 0 bridgehead atoms. The van der Waals surface area contributed by atoms with Gasteiger partial charge in [-0.1, -0.05) is 25.0 Å². The first-order chi connectivity index (χ1) is 10.8. The third-order valence-electron chi connectivity index (χ3n) is 4.22. The smallest absolute Gasteiger partial charge is 0.221 e. The molecule has 0 aliphatic carbocycles. The van der Waals surface area contributed by atoms with E-state index in [-0.39, 0.29) is 5.91 Å². The van der Waals surface area contributed by atoms with Crippen LogP contribution in [-0.2, 0) is 11.2 Å². The highest BCUT2D eigenvalue weighted by molar-refractivity contribution is 5.76. The molecule has 1 heterocycles. The Morgan fingerprint density at radius 2 is 2.00 bits per heavy atom. The van der Waals surface area contributed by atoms with Crippen molar-refractivity contribution in [2.75, 3.05) is 33.3 Å². The Labute approximate surface area is 133 Å². The molecule has 1 N–H and O–H groups in total. The predicted octanol–water partition coefficient (Wildman–Crippen LogP) is 2.62. The molecule has 0 aromatic heterocycles. The SMILES string of the molecule is COc1cccc(CCNC(=O)CCN2CCCCCC2)c1. The molecule has 0 saturated carbocycles. The van der Waals surface area contributed by atoms with Crippen LogP contribution in [0.2, 0.25) is 0 Å². The summed E-state index contributed by atoms with van der Waals surface area (Å²) in [5, 5.41) is 3.02. The first-order valence-corrected chi connectivity index (χ1v) is 8.40. The second-order valence-corrected chi connectivity index (χ2v) is 5.96. The Hall–Kier alpha value is -1.55. The van der Waals surface area contributed by atoms with Gasteiger partial charge < -0.3 is 15.0 Å². The zero-order valence-corrected chi connectivity index (χ0v) is 13.6. The van der Waals surface area contributed by atoms with Gasteiger partial charge in [-0.3, -0.25) is 4.79 Å². The molecular formula is C18H28N2O2. The van der Waals surface area contributed by atoms with Gasteiger partial charge in [0, 0.05) is 19.5 Å². The largest absolute Gasteiger partial charge is 0.497 e. The highest BCUT2D eigenvalue weighted by Gasteiger charge is 2.10. The van der Waals surface area contributed by atoms with E-state index >= 15 is 0 Å². The molecule has 0 radical (unpaired) electrons. The van der Waals surface area contributed by atoms with Crippen LogP contribution in [0.4, 0.5) is 0 Å². The standard InChI is InChI=1S/C18H28N2O2/c1-22-17-8-6-7-16(15-17)9-11-19-18(21)10-14-20-12-4-2-3-5-13-20/h6-8,15H,2-5,9-14H2,1H3,(H,19,21). The van der Waals surface area contributed by atoms with Gasteiger partial charge in [-0.05, 0) is 50.0 Å². The maximum atomic E-state index is 11.9. The lowest BCUT2D eigenvalue weighted by Gasteiger charge is -2.19. The van der Waals surface area contributed by atoms with E-state index in [2.05, 4.69) is 16.3 Å². The summed E-state index contributed by atoms with van der Waals surface area (Å²) in [6.07, 6.45) is 6.67. The average Bonchev–Trinajstić information content (AvgIpc) is 2.82. The fraction of sp³-hybridized carbons (Fsp3) is 0.611. The van der Waals surface area contributed by atoms with Crippen molar-refractivity contribution in [1.29, 1.82) is 0 Å². The molecule has 0 spiro atoms. The van der Waals surface area contributed by atoms with Crippen LogP contribution in [0.3, 0.4) is 0 Å². The fourth-order valence-corrected chi connectivity index (χ4v) is 2.88. The Morgan fingerprint density at radius 3 is 2.73 bits per heavy atom. The molecule has 1 aliphatic rings. The fourth-order valence-electron chi connectivity index (χ4n) is 2.88. The minimum absolute atomic E-state index is 0.159. The summed E-state index contributed by atoms with van der Waals surface area (Å²) in [6.45, 7) is 3.88. The van der Waals surface area contributed by atoms with Crippen molar-refractivity contribution in [2.45, 2.75) is 38.5 Å². The number of benzene rings is 1. The molecule has 1 amide bonds. The third kappa shape index (κ3) is 6.06. The third-order valence-corrected chi connectivity index (χ3v) is 4.22. The lowest BCUT2D eigenvalue weighted by molar-refractivity contribution is -0.121.